The molecule has 3 heteroatoms. The lowest BCUT2D eigenvalue weighted by Gasteiger charge is -2.37. The first kappa shape index (κ1) is 12.9. The van der Waals surface area contributed by atoms with Crippen LogP contribution in [0.2, 0.25) is 0 Å². The molecule has 0 amide bonds. The van der Waals surface area contributed by atoms with Gasteiger partial charge in [-0.3, -0.25) is 4.98 Å². The van der Waals surface area contributed by atoms with E-state index in [0.29, 0.717) is 0 Å². The predicted molar refractivity (Wildman–Crippen MR) is 79.5 cm³/mol. The number of hydrogen-bond donors (Lipinski definition) is 0. The minimum Gasteiger partial charge on any atom is -0.371 e. The quantitative estimate of drug-likeness (QED) is 0.832. The standard InChI is InChI=1S/C16H25N3/c1-2-10-18(11-3-1)13-15-5-4-12-19(14-15)16-6-8-17-9-7-16/h6-9,15H,1-5,10-14H2. The van der Waals surface area contributed by atoms with Crippen molar-refractivity contribution >= 4 is 5.69 Å². The van der Waals surface area contributed by atoms with Gasteiger partial charge in [0.15, 0.2) is 0 Å². The van der Waals surface area contributed by atoms with E-state index in [1.807, 2.05) is 12.4 Å². The summed E-state index contributed by atoms with van der Waals surface area (Å²) >= 11 is 0. The van der Waals surface area contributed by atoms with Gasteiger partial charge in [-0.05, 0) is 56.8 Å². The summed E-state index contributed by atoms with van der Waals surface area (Å²) in [7, 11) is 0. The number of piperidine rings is 2. The zero-order valence-electron chi connectivity index (χ0n) is 11.8. The summed E-state index contributed by atoms with van der Waals surface area (Å²) in [6, 6.07) is 4.28. The van der Waals surface area contributed by atoms with Crippen LogP contribution in [0.3, 0.4) is 0 Å². The Hall–Kier alpha value is -1.09. The van der Waals surface area contributed by atoms with Crippen molar-refractivity contribution < 1.29 is 0 Å². The maximum Gasteiger partial charge on any atom is 0.0397 e. The molecular weight excluding hydrogens is 234 g/mol. The van der Waals surface area contributed by atoms with Gasteiger partial charge in [0.2, 0.25) is 0 Å². The molecule has 2 aliphatic rings. The fourth-order valence-corrected chi connectivity index (χ4v) is 3.51. The first-order valence-electron chi connectivity index (χ1n) is 7.79. The molecule has 0 N–H and O–H groups in total. The SMILES string of the molecule is c1cc(N2CCCC(CN3CCCCC3)C2)ccn1. The van der Waals surface area contributed by atoms with Crippen LogP contribution in [0, 0.1) is 5.92 Å². The van der Waals surface area contributed by atoms with E-state index < -0.39 is 0 Å². The predicted octanol–water partition coefficient (Wildman–Crippen LogP) is 2.78. The fourth-order valence-electron chi connectivity index (χ4n) is 3.51. The number of likely N-dealkylation sites (tertiary alicyclic amines) is 1. The minimum absolute atomic E-state index is 0.847. The van der Waals surface area contributed by atoms with Crippen molar-refractivity contribution in [3.63, 3.8) is 0 Å². The second-order valence-corrected chi connectivity index (χ2v) is 6.02. The van der Waals surface area contributed by atoms with E-state index in [1.165, 1.54) is 70.5 Å². The van der Waals surface area contributed by atoms with Crippen LogP contribution in [0.1, 0.15) is 32.1 Å². The fraction of sp³-hybridized carbons (Fsp3) is 0.688. The first-order valence-corrected chi connectivity index (χ1v) is 7.79. The molecule has 1 aromatic rings. The Morgan fingerprint density at radius 2 is 1.79 bits per heavy atom. The van der Waals surface area contributed by atoms with Gasteiger partial charge in [0.05, 0.1) is 0 Å². The van der Waals surface area contributed by atoms with Crippen LogP contribution >= 0.6 is 0 Å². The molecule has 0 radical (unpaired) electrons. The number of anilines is 1. The Balaban J connectivity index is 1.55. The van der Waals surface area contributed by atoms with E-state index in [0.717, 1.165) is 5.92 Å². The summed E-state index contributed by atoms with van der Waals surface area (Å²) in [4.78, 5) is 9.34. The van der Waals surface area contributed by atoms with Crippen molar-refractivity contribution in [3.05, 3.63) is 24.5 Å². The molecule has 2 saturated heterocycles. The number of pyridine rings is 1. The van der Waals surface area contributed by atoms with Crippen molar-refractivity contribution in [3.8, 4) is 0 Å². The first-order chi connectivity index (χ1) is 9.42. The molecule has 104 valence electrons. The van der Waals surface area contributed by atoms with Crippen LogP contribution < -0.4 is 4.90 Å². The molecule has 0 spiro atoms. The minimum atomic E-state index is 0.847. The molecule has 19 heavy (non-hydrogen) atoms. The normalized spacial score (nSPS) is 25.5. The lowest BCUT2D eigenvalue weighted by atomic mass is 9.96. The van der Waals surface area contributed by atoms with Crippen LogP contribution in [0.15, 0.2) is 24.5 Å². The molecule has 1 unspecified atom stereocenters. The lowest BCUT2D eigenvalue weighted by molar-refractivity contribution is 0.185. The zero-order chi connectivity index (χ0) is 12.9. The van der Waals surface area contributed by atoms with Gasteiger partial charge in [-0.1, -0.05) is 6.42 Å². The number of rotatable bonds is 3. The summed E-state index contributed by atoms with van der Waals surface area (Å²) in [5.74, 6) is 0.847. The second kappa shape index (κ2) is 6.38. The van der Waals surface area contributed by atoms with E-state index in [2.05, 4.69) is 26.9 Å². The zero-order valence-corrected chi connectivity index (χ0v) is 11.8. The van der Waals surface area contributed by atoms with Crippen LogP contribution in [0.25, 0.3) is 0 Å². The largest absolute Gasteiger partial charge is 0.371 e. The Morgan fingerprint density at radius 3 is 2.58 bits per heavy atom. The van der Waals surface area contributed by atoms with Crippen molar-refractivity contribution in [2.45, 2.75) is 32.1 Å². The highest BCUT2D eigenvalue weighted by Crippen LogP contribution is 2.24. The third kappa shape index (κ3) is 3.47. The van der Waals surface area contributed by atoms with Gasteiger partial charge >= 0.3 is 0 Å². The van der Waals surface area contributed by atoms with E-state index >= 15 is 0 Å². The third-order valence-electron chi connectivity index (χ3n) is 4.51. The van der Waals surface area contributed by atoms with Gasteiger partial charge < -0.3 is 9.80 Å². The molecule has 3 nitrogen and oxygen atoms in total. The molecule has 0 saturated carbocycles. The molecule has 0 bridgehead atoms. The van der Waals surface area contributed by atoms with Crippen molar-refractivity contribution in [2.75, 3.05) is 37.6 Å². The molecule has 1 aromatic heterocycles. The van der Waals surface area contributed by atoms with Crippen LogP contribution in [0.5, 0.6) is 0 Å². The van der Waals surface area contributed by atoms with Crippen LogP contribution in [-0.4, -0.2) is 42.6 Å². The number of nitrogens with zero attached hydrogens (tertiary/aromatic N) is 3. The molecule has 2 fully saturated rings. The van der Waals surface area contributed by atoms with Gasteiger partial charge in [-0.25, -0.2) is 0 Å². The average Bonchev–Trinajstić information content (AvgIpc) is 2.49. The third-order valence-corrected chi connectivity index (χ3v) is 4.51. The lowest BCUT2D eigenvalue weighted by Crippen LogP contribution is -2.42. The highest BCUT2D eigenvalue weighted by Gasteiger charge is 2.22. The molecule has 0 aliphatic carbocycles. The Bertz CT molecular complexity index is 373. The summed E-state index contributed by atoms with van der Waals surface area (Å²) in [5, 5.41) is 0. The average molecular weight is 259 g/mol. The molecule has 3 rings (SSSR count). The van der Waals surface area contributed by atoms with Crippen molar-refractivity contribution in [2.24, 2.45) is 5.92 Å². The Morgan fingerprint density at radius 1 is 1.00 bits per heavy atom. The summed E-state index contributed by atoms with van der Waals surface area (Å²) in [5.41, 5.74) is 1.35. The highest BCUT2D eigenvalue weighted by atomic mass is 15.2. The van der Waals surface area contributed by atoms with Gasteiger partial charge in [-0.2, -0.15) is 0 Å². The smallest absolute Gasteiger partial charge is 0.0397 e. The summed E-state index contributed by atoms with van der Waals surface area (Å²) < 4.78 is 0. The van der Waals surface area contributed by atoms with Crippen molar-refractivity contribution in [1.29, 1.82) is 0 Å². The van der Waals surface area contributed by atoms with Gasteiger partial charge in [0, 0.05) is 37.7 Å². The van der Waals surface area contributed by atoms with E-state index in [-0.39, 0.29) is 0 Å². The molecule has 0 aromatic carbocycles. The molecular formula is C16H25N3. The van der Waals surface area contributed by atoms with Gasteiger partial charge in [0.25, 0.3) is 0 Å². The second-order valence-electron chi connectivity index (χ2n) is 6.02. The van der Waals surface area contributed by atoms with E-state index in [1.54, 1.807) is 0 Å². The Kier molecular flexibility index (Phi) is 4.34. The Labute approximate surface area is 116 Å². The molecule has 1 atom stereocenters. The number of hydrogen-bond acceptors (Lipinski definition) is 3. The van der Waals surface area contributed by atoms with Gasteiger partial charge in [-0.15, -0.1) is 0 Å². The van der Waals surface area contributed by atoms with E-state index in [9.17, 15) is 0 Å². The van der Waals surface area contributed by atoms with Crippen LogP contribution in [0.4, 0.5) is 5.69 Å². The molecule has 2 aliphatic heterocycles. The van der Waals surface area contributed by atoms with E-state index in [4.69, 9.17) is 0 Å². The van der Waals surface area contributed by atoms with Crippen LogP contribution in [-0.2, 0) is 0 Å². The topological polar surface area (TPSA) is 19.4 Å². The number of aromatic nitrogens is 1. The monoisotopic (exact) mass is 259 g/mol. The maximum absolute atomic E-state index is 4.12. The maximum atomic E-state index is 4.12. The highest BCUT2D eigenvalue weighted by molar-refractivity contribution is 5.44. The van der Waals surface area contributed by atoms with Gasteiger partial charge in [0.1, 0.15) is 0 Å². The van der Waals surface area contributed by atoms with Crippen molar-refractivity contribution in [1.82, 2.24) is 9.88 Å². The summed E-state index contributed by atoms with van der Waals surface area (Å²) in [6.45, 7) is 6.39. The summed E-state index contributed by atoms with van der Waals surface area (Å²) in [6.07, 6.45) is 10.8. The molecule has 3 heterocycles.